The van der Waals surface area contributed by atoms with Crippen LogP contribution in [-0.2, 0) is 9.47 Å². The van der Waals surface area contributed by atoms with Crippen LogP contribution in [0.3, 0.4) is 0 Å². The van der Waals surface area contributed by atoms with E-state index in [1.807, 2.05) is 10.6 Å². The van der Waals surface area contributed by atoms with Gasteiger partial charge in [0.15, 0.2) is 0 Å². The number of alkyl carbamates (subject to hydrolysis) is 2. The van der Waals surface area contributed by atoms with E-state index in [0.717, 1.165) is 0 Å². The quantitative estimate of drug-likeness (QED) is 0.696. The molecule has 0 atom stereocenters. The van der Waals surface area contributed by atoms with Gasteiger partial charge in [0, 0.05) is 0 Å². The summed E-state index contributed by atoms with van der Waals surface area (Å²) in [5, 5.41) is 3.68. The van der Waals surface area contributed by atoms with Gasteiger partial charge < -0.3 is 9.47 Å². The maximum absolute atomic E-state index is 11.2. The Labute approximate surface area is 106 Å². The number of imide groups is 2. The Bertz CT molecular complexity index is 306. The van der Waals surface area contributed by atoms with E-state index in [2.05, 4.69) is 0 Å². The van der Waals surface area contributed by atoms with Gasteiger partial charge >= 0.3 is 18.2 Å². The third-order valence-corrected chi connectivity index (χ3v) is 1.23. The van der Waals surface area contributed by atoms with Gasteiger partial charge in [0.1, 0.15) is 11.2 Å². The third kappa shape index (κ3) is 9.44. The average molecular weight is 260 g/mol. The standard InChI is InChI=1S/C11H20N2O5/c1-10(2,3)17-8(15)12-7(14)13-9(16)18-11(4,5)6/h1-6H3,(H2,12,13,14,15,16). The summed E-state index contributed by atoms with van der Waals surface area (Å²) in [5.41, 5.74) is -1.45. The van der Waals surface area contributed by atoms with E-state index >= 15 is 0 Å². The molecule has 0 spiro atoms. The molecule has 0 aliphatic heterocycles. The van der Waals surface area contributed by atoms with Crippen molar-refractivity contribution in [2.75, 3.05) is 0 Å². The fraction of sp³-hybridized carbons (Fsp3) is 0.727. The highest BCUT2D eigenvalue weighted by Gasteiger charge is 2.21. The molecule has 18 heavy (non-hydrogen) atoms. The Morgan fingerprint density at radius 1 is 0.722 bits per heavy atom. The zero-order valence-corrected chi connectivity index (χ0v) is 11.5. The smallest absolute Gasteiger partial charge is 0.415 e. The van der Waals surface area contributed by atoms with E-state index in [4.69, 9.17) is 9.47 Å². The minimum Gasteiger partial charge on any atom is -0.443 e. The maximum Gasteiger partial charge on any atom is 0.415 e. The van der Waals surface area contributed by atoms with Crippen molar-refractivity contribution in [3.63, 3.8) is 0 Å². The van der Waals surface area contributed by atoms with Crippen LogP contribution in [0.15, 0.2) is 0 Å². The molecule has 2 N–H and O–H groups in total. The topological polar surface area (TPSA) is 93.7 Å². The Morgan fingerprint density at radius 3 is 1.22 bits per heavy atom. The van der Waals surface area contributed by atoms with Crippen molar-refractivity contribution in [2.45, 2.75) is 52.7 Å². The van der Waals surface area contributed by atoms with E-state index in [9.17, 15) is 14.4 Å². The lowest BCUT2D eigenvalue weighted by atomic mass is 10.2. The first-order valence-electron chi connectivity index (χ1n) is 5.43. The number of carbonyl (C=O) groups is 3. The lowest BCUT2D eigenvalue weighted by molar-refractivity contribution is 0.0519. The van der Waals surface area contributed by atoms with E-state index in [1.165, 1.54) is 0 Å². The van der Waals surface area contributed by atoms with Crippen LogP contribution in [0.5, 0.6) is 0 Å². The second kappa shape index (κ2) is 5.70. The first-order valence-corrected chi connectivity index (χ1v) is 5.43. The number of hydrogen-bond acceptors (Lipinski definition) is 5. The molecule has 0 saturated heterocycles. The van der Waals surface area contributed by atoms with Crippen LogP contribution >= 0.6 is 0 Å². The number of hydrogen-bond donors (Lipinski definition) is 2. The second-order valence-electron chi connectivity index (χ2n) is 5.58. The molecule has 0 saturated carbocycles. The predicted octanol–water partition coefficient (Wildman–Crippen LogP) is 2.16. The molecule has 0 aliphatic rings. The van der Waals surface area contributed by atoms with Crippen LogP contribution in [0.25, 0.3) is 0 Å². The van der Waals surface area contributed by atoms with Crippen molar-refractivity contribution in [1.82, 2.24) is 10.6 Å². The minimum atomic E-state index is -1.00. The number of ether oxygens (including phenoxy) is 2. The average Bonchev–Trinajstić information content (AvgIpc) is 1.92. The number of nitrogens with one attached hydrogen (secondary N) is 2. The summed E-state index contributed by atoms with van der Waals surface area (Å²) in [6, 6.07) is -1.00. The molecule has 0 heterocycles. The van der Waals surface area contributed by atoms with Crippen molar-refractivity contribution in [1.29, 1.82) is 0 Å². The van der Waals surface area contributed by atoms with Gasteiger partial charge in [-0.25, -0.2) is 25.0 Å². The summed E-state index contributed by atoms with van der Waals surface area (Å²) in [6.07, 6.45) is -1.88. The van der Waals surface area contributed by atoms with Gasteiger partial charge in [-0.1, -0.05) is 0 Å². The Balaban J connectivity index is 4.13. The monoisotopic (exact) mass is 260 g/mol. The molecule has 7 nitrogen and oxygen atoms in total. The molecule has 0 aromatic carbocycles. The molecule has 7 heteroatoms. The molecule has 0 aliphatic carbocycles. The lowest BCUT2D eigenvalue weighted by Crippen LogP contribution is -2.46. The largest absolute Gasteiger partial charge is 0.443 e. The number of carbonyl (C=O) groups excluding carboxylic acids is 3. The van der Waals surface area contributed by atoms with Crippen LogP contribution in [0.4, 0.5) is 14.4 Å². The molecule has 0 fully saturated rings. The highest BCUT2D eigenvalue weighted by molar-refractivity contribution is 5.98. The van der Waals surface area contributed by atoms with Gasteiger partial charge in [-0.3, -0.25) is 0 Å². The van der Waals surface area contributed by atoms with Crippen molar-refractivity contribution in [2.24, 2.45) is 0 Å². The molecule has 0 bridgehead atoms. The Morgan fingerprint density at radius 2 is 1.00 bits per heavy atom. The molecule has 0 unspecified atom stereocenters. The summed E-state index contributed by atoms with van der Waals surface area (Å²) >= 11 is 0. The molecular weight excluding hydrogens is 240 g/mol. The normalized spacial score (nSPS) is 11.4. The van der Waals surface area contributed by atoms with E-state index < -0.39 is 29.4 Å². The van der Waals surface area contributed by atoms with E-state index in [0.29, 0.717) is 0 Å². The van der Waals surface area contributed by atoms with Crippen molar-refractivity contribution in [3.8, 4) is 0 Å². The molecule has 0 radical (unpaired) electrons. The number of amides is 4. The van der Waals surface area contributed by atoms with E-state index in [1.54, 1.807) is 41.5 Å². The summed E-state index contributed by atoms with van der Waals surface area (Å²) in [4.78, 5) is 33.6. The highest BCUT2D eigenvalue weighted by atomic mass is 16.6. The summed E-state index contributed by atoms with van der Waals surface area (Å²) in [6.45, 7) is 9.91. The van der Waals surface area contributed by atoms with Gasteiger partial charge in [0.25, 0.3) is 0 Å². The van der Waals surface area contributed by atoms with Crippen LogP contribution in [0.2, 0.25) is 0 Å². The van der Waals surface area contributed by atoms with Crippen LogP contribution in [0, 0.1) is 0 Å². The van der Waals surface area contributed by atoms with Crippen LogP contribution in [-0.4, -0.2) is 29.4 Å². The number of urea groups is 1. The molecule has 0 aromatic rings. The third-order valence-electron chi connectivity index (χ3n) is 1.23. The summed E-state index contributed by atoms with van der Waals surface area (Å²) in [7, 11) is 0. The zero-order valence-electron chi connectivity index (χ0n) is 11.5. The molecule has 0 aromatic heterocycles. The predicted molar refractivity (Wildman–Crippen MR) is 64.1 cm³/mol. The number of rotatable bonds is 0. The first kappa shape index (κ1) is 16.2. The van der Waals surface area contributed by atoms with E-state index in [-0.39, 0.29) is 0 Å². The van der Waals surface area contributed by atoms with Gasteiger partial charge in [0.05, 0.1) is 0 Å². The molecular formula is C11H20N2O5. The maximum atomic E-state index is 11.2. The summed E-state index contributed by atoms with van der Waals surface area (Å²) < 4.78 is 9.66. The Kier molecular flexibility index (Phi) is 5.13. The Hall–Kier alpha value is -1.79. The highest BCUT2D eigenvalue weighted by Crippen LogP contribution is 2.07. The molecule has 0 rings (SSSR count). The van der Waals surface area contributed by atoms with Gasteiger partial charge in [0.2, 0.25) is 0 Å². The summed E-state index contributed by atoms with van der Waals surface area (Å²) in [5.74, 6) is 0. The van der Waals surface area contributed by atoms with Crippen molar-refractivity contribution < 1.29 is 23.9 Å². The second-order valence-corrected chi connectivity index (χ2v) is 5.58. The fourth-order valence-corrected chi connectivity index (χ4v) is 0.824. The van der Waals surface area contributed by atoms with Gasteiger partial charge in [-0.15, -0.1) is 0 Å². The molecule has 4 amide bonds. The molecule has 104 valence electrons. The van der Waals surface area contributed by atoms with Gasteiger partial charge in [-0.05, 0) is 41.5 Å². The van der Waals surface area contributed by atoms with Gasteiger partial charge in [-0.2, -0.15) is 0 Å². The zero-order chi connectivity index (χ0) is 14.6. The van der Waals surface area contributed by atoms with Crippen molar-refractivity contribution >= 4 is 18.2 Å². The SMILES string of the molecule is CC(C)(C)OC(=O)NC(=O)NC(=O)OC(C)(C)C. The van der Waals surface area contributed by atoms with Crippen LogP contribution < -0.4 is 10.6 Å². The first-order chi connectivity index (χ1) is 7.89. The van der Waals surface area contributed by atoms with Crippen LogP contribution in [0.1, 0.15) is 41.5 Å². The minimum absolute atomic E-state index is 0.726. The lowest BCUT2D eigenvalue weighted by Gasteiger charge is -2.20. The van der Waals surface area contributed by atoms with Crippen molar-refractivity contribution in [3.05, 3.63) is 0 Å². The fourth-order valence-electron chi connectivity index (χ4n) is 0.824.